The Kier molecular flexibility index (Phi) is 4.35. The van der Waals surface area contributed by atoms with Crippen LogP contribution in [0.25, 0.3) is 22.1 Å². The molecule has 142 valence electrons. The van der Waals surface area contributed by atoms with E-state index in [2.05, 4.69) is 0 Å². The Morgan fingerprint density at radius 2 is 1.71 bits per heavy atom. The van der Waals surface area contributed by atoms with Crippen molar-refractivity contribution in [1.29, 1.82) is 0 Å². The third kappa shape index (κ3) is 2.90. The Bertz CT molecular complexity index is 1260. The second kappa shape index (κ2) is 6.84. The molecular formula is C21H17NO6. The molecule has 2 heterocycles. The number of rotatable bonds is 5. The van der Waals surface area contributed by atoms with E-state index in [9.17, 15) is 14.4 Å². The number of para-hydroxylation sites is 3. The first-order valence-electron chi connectivity index (χ1n) is 8.75. The normalized spacial score (nSPS) is 12.4. The van der Waals surface area contributed by atoms with Crippen molar-refractivity contribution in [3.05, 3.63) is 70.4 Å². The SMILES string of the molecule is Cc1c(C(=O)COC(=O)C(C)n2c(=O)oc3ccccc32)oc2ccccc12. The molecule has 4 rings (SSSR count). The first-order chi connectivity index (χ1) is 13.5. The number of furan rings is 1. The number of ether oxygens (including phenoxy) is 1. The van der Waals surface area contributed by atoms with Gasteiger partial charge in [-0.2, -0.15) is 0 Å². The van der Waals surface area contributed by atoms with E-state index in [-0.39, 0.29) is 5.76 Å². The van der Waals surface area contributed by atoms with Gasteiger partial charge < -0.3 is 13.6 Å². The number of hydrogen-bond donors (Lipinski definition) is 0. The number of Topliss-reactive ketones (excluding diaryl/α,β-unsaturated/α-hetero) is 1. The van der Waals surface area contributed by atoms with Gasteiger partial charge in [-0.1, -0.05) is 30.3 Å². The van der Waals surface area contributed by atoms with Gasteiger partial charge in [-0.15, -0.1) is 0 Å². The van der Waals surface area contributed by atoms with Crippen molar-refractivity contribution < 1.29 is 23.2 Å². The molecule has 0 amide bonds. The summed E-state index contributed by atoms with van der Waals surface area (Å²) in [4.78, 5) is 37.0. The fraction of sp³-hybridized carbons (Fsp3) is 0.190. The van der Waals surface area contributed by atoms with Crippen LogP contribution in [-0.2, 0) is 9.53 Å². The molecule has 2 aromatic heterocycles. The van der Waals surface area contributed by atoms with Crippen molar-refractivity contribution in [2.75, 3.05) is 6.61 Å². The van der Waals surface area contributed by atoms with Crippen LogP contribution in [0.2, 0.25) is 0 Å². The third-order valence-corrected chi connectivity index (χ3v) is 4.69. The van der Waals surface area contributed by atoms with Gasteiger partial charge in [0.25, 0.3) is 0 Å². The maximum atomic E-state index is 12.5. The monoisotopic (exact) mass is 379 g/mol. The Balaban J connectivity index is 1.52. The quantitative estimate of drug-likeness (QED) is 0.388. The summed E-state index contributed by atoms with van der Waals surface area (Å²) in [5.74, 6) is -1.66. The van der Waals surface area contributed by atoms with Gasteiger partial charge in [-0.25, -0.2) is 9.59 Å². The van der Waals surface area contributed by atoms with Crippen molar-refractivity contribution in [3.8, 4) is 0 Å². The van der Waals surface area contributed by atoms with E-state index >= 15 is 0 Å². The minimum Gasteiger partial charge on any atom is -0.456 e. The van der Waals surface area contributed by atoms with Crippen molar-refractivity contribution in [2.24, 2.45) is 0 Å². The van der Waals surface area contributed by atoms with Crippen molar-refractivity contribution in [3.63, 3.8) is 0 Å². The van der Waals surface area contributed by atoms with Crippen molar-refractivity contribution >= 4 is 33.8 Å². The molecular weight excluding hydrogens is 362 g/mol. The highest BCUT2D eigenvalue weighted by molar-refractivity contribution is 6.01. The molecule has 0 fully saturated rings. The number of nitrogens with zero attached hydrogens (tertiary/aromatic N) is 1. The molecule has 1 atom stereocenters. The van der Waals surface area contributed by atoms with Gasteiger partial charge in [-0.05, 0) is 32.0 Å². The molecule has 0 aliphatic carbocycles. The highest BCUT2D eigenvalue weighted by Gasteiger charge is 2.25. The molecule has 2 aromatic carbocycles. The molecule has 7 heteroatoms. The van der Waals surface area contributed by atoms with Crippen molar-refractivity contribution in [2.45, 2.75) is 19.9 Å². The number of carbonyl (C=O) groups excluding carboxylic acids is 2. The van der Waals surface area contributed by atoms with E-state index in [1.54, 1.807) is 37.3 Å². The van der Waals surface area contributed by atoms with Crippen LogP contribution in [-0.4, -0.2) is 22.9 Å². The zero-order chi connectivity index (χ0) is 19.8. The van der Waals surface area contributed by atoms with Crippen LogP contribution < -0.4 is 5.76 Å². The highest BCUT2D eigenvalue weighted by atomic mass is 16.5. The molecule has 0 bridgehead atoms. The third-order valence-electron chi connectivity index (χ3n) is 4.69. The molecule has 4 aromatic rings. The largest absolute Gasteiger partial charge is 0.456 e. The topological polar surface area (TPSA) is 91.7 Å². The molecule has 1 unspecified atom stereocenters. The minimum absolute atomic E-state index is 0.160. The molecule has 0 aliphatic heterocycles. The minimum atomic E-state index is -0.944. The summed E-state index contributed by atoms with van der Waals surface area (Å²) in [5, 5.41) is 0.835. The Morgan fingerprint density at radius 1 is 1.04 bits per heavy atom. The van der Waals surface area contributed by atoms with Crippen molar-refractivity contribution in [1.82, 2.24) is 4.57 Å². The van der Waals surface area contributed by atoms with Gasteiger partial charge in [-0.3, -0.25) is 9.36 Å². The molecule has 0 aliphatic rings. The first-order valence-corrected chi connectivity index (χ1v) is 8.75. The van der Waals surface area contributed by atoms with Crippen LogP contribution in [0.4, 0.5) is 0 Å². The lowest BCUT2D eigenvalue weighted by Gasteiger charge is -2.11. The van der Waals surface area contributed by atoms with Crippen LogP contribution in [0, 0.1) is 6.92 Å². The van der Waals surface area contributed by atoms with Crippen LogP contribution in [0.1, 0.15) is 29.1 Å². The van der Waals surface area contributed by atoms with Gasteiger partial charge in [0, 0.05) is 10.9 Å². The molecule has 28 heavy (non-hydrogen) atoms. The molecule has 0 saturated heterocycles. The molecule has 0 N–H and O–H groups in total. The smallest absolute Gasteiger partial charge is 0.420 e. The number of fused-ring (bicyclic) bond motifs is 2. The fourth-order valence-electron chi connectivity index (χ4n) is 3.22. The summed E-state index contributed by atoms with van der Waals surface area (Å²) in [6.45, 7) is 2.82. The highest BCUT2D eigenvalue weighted by Crippen LogP contribution is 2.25. The predicted molar refractivity (Wildman–Crippen MR) is 101 cm³/mol. The summed E-state index contributed by atoms with van der Waals surface area (Å²) in [6, 6.07) is 13.1. The maximum absolute atomic E-state index is 12.5. The molecule has 0 saturated carbocycles. The zero-order valence-corrected chi connectivity index (χ0v) is 15.3. The van der Waals surface area contributed by atoms with E-state index in [0.717, 1.165) is 5.39 Å². The van der Waals surface area contributed by atoms with E-state index in [1.165, 1.54) is 11.5 Å². The van der Waals surface area contributed by atoms with E-state index < -0.39 is 30.2 Å². The van der Waals surface area contributed by atoms with E-state index in [1.807, 2.05) is 18.2 Å². The summed E-state index contributed by atoms with van der Waals surface area (Å²) in [5.41, 5.74) is 2.15. The van der Waals surface area contributed by atoms with Gasteiger partial charge in [0.1, 0.15) is 11.6 Å². The average molecular weight is 379 g/mol. The van der Waals surface area contributed by atoms with Gasteiger partial charge >= 0.3 is 11.7 Å². The van der Waals surface area contributed by atoms with Crippen LogP contribution >= 0.6 is 0 Å². The lowest BCUT2D eigenvalue weighted by molar-refractivity contribution is -0.146. The van der Waals surface area contributed by atoms with Crippen LogP contribution in [0.3, 0.4) is 0 Å². The number of benzene rings is 2. The van der Waals surface area contributed by atoms with E-state index in [4.69, 9.17) is 13.6 Å². The summed E-state index contributed by atoms with van der Waals surface area (Å²) in [7, 11) is 0. The Hall–Kier alpha value is -3.61. The van der Waals surface area contributed by atoms with E-state index in [0.29, 0.717) is 22.2 Å². The van der Waals surface area contributed by atoms with Gasteiger partial charge in [0.15, 0.2) is 18.0 Å². The number of oxazole rings is 1. The molecule has 7 nitrogen and oxygen atoms in total. The van der Waals surface area contributed by atoms with Crippen LogP contribution in [0.5, 0.6) is 0 Å². The van der Waals surface area contributed by atoms with Crippen LogP contribution in [0.15, 0.2) is 62.2 Å². The Labute approximate surface area is 159 Å². The second-order valence-electron chi connectivity index (χ2n) is 6.46. The number of carbonyl (C=O) groups is 2. The number of aryl methyl sites for hydroxylation is 1. The number of esters is 1. The lowest BCUT2D eigenvalue weighted by Crippen LogP contribution is -2.27. The first kappa shape index (κ1) is 17.8. The summed E-state index contributed by atoms with van der Waals surface area (Å²) >= 11 is 0. The summed E-state index contributed by atoms with van der Waals surface area (Å²) < 4.78 is 17.1. The Morgan fingerprint density at radius 3 is 2.46 bits per heavy atom. The number of ketones is 1. The number of aromatic nitrogens is 1. The maximum Gasteiger partial charge on any atom is 0.420 e. The zero-order valence-electron chi connectivity index (χ0n) is 15.3. The van der Waals surface area contributed by atoms with Gasteiger partial charge in [0.2, 0.25) is 5.78 Å². The van der Waals surface area contributed by atoms with Gasteiger partial charge in [0.05, 0.1) is 5.52 Å². The fourth-order valence-corrected chi connectivity index (χ4v) is 3.22. The second-order valence-corrected chi connectivity index (χ2v) is 6.46. The predicted octanol–water partition coefficient (Wildman–Crippen LogP) is 3.64. The lowest BCUT2D eigenvalue weighted by atomic mass is 10.1. The molecule has 0 radical (unpaired) electrons. The molecule has 0 spiro atoms. The number of hydrogen-bond acceptors (Lipinski definition) is 6. The average Bonchev–Trinajstić information content (AvgIpc) is 3.22. The summed E-state index contributed by atoms with van der Waals surface area (Å²) in [6.07, 6.45) is 0. The standard InChI is InChI=1S/C21H17NO6/c1-12-14-7-3-5-9-17(14)27-19(12)16(23)11-26-20(24)13(2)22-15-8-4-6-10-18(15)28-21(22)25/h3-10,13H,11H2,1-2H3.